The number of hydrogen-bond donors (Lipinski definition) is 2. The fraction of sp³-hybridized carbons (Fsp3) is 0.300. The number of ether oxygens (including phenoxy) is 3. The zero-order valence-electron chi connectivity index (χ0n) is 14.9. The number of carbonyl (C=O) groups is 2. The lowest BCUT2D eigenvalue weighted by Gasteiger charge is -2.26. The van der Waals surface area contributed by atoms with Crippen LogP contribution >= 0.6 is 0 Å². The van der Waals surface area contributed by atoms with Crippen molar-refractivity contribution < 1.29 is 28.9 Å². The zero-order valence-corrected chi connectivity index (χ0v) is 14.9. The van der Waals surface area contributed by atoms with Gasteiger partial charge in [0, 0.05) is 12.0 Å². The molecule has 3 N–H and O–H groups in total. The molecule has 2 aromatic rings. The third-order valence-corrected chi connectivity index (χ3v) is 4.30. The van der Waals surface area contributed by atoms with E-state index in [1.165, 1.54) is 13.2 Å². The van der Waals surface area contributed by atoms with E-state index in [-0.39, 0.29) is 24.0 Å². The van der Waals surface area contributed by atoms with E-state index in [9.17, 15) is 14.7 Å². The molecule has 27 heavy (non-hydrogen) atoms. The molecular weight excluding hydrogens is 350 g/mol. The Morgan fingerprint density at radius 2 is 1.78 bits per heavy atom. The second kappa shape index (κ2) is 8.20. The Balaban J connectivity index is 1.80. The van der Waals surface area contributed by atoms with Crippen molar-refractivity contribution in [2.45, 2.75) is 25.2 Å². The monoisotopic (exact) mass is 371 g/mol. The van der Waals surface area contributed by atoms with Crippen molar-refractivity contribution in [1.29, 1.82) is 0 Å². The predicted octanol–water partition coefficient (Wildman–Crippen LogP) is 2.12. The van der Waals surface area contributed by atoms with Crippen molar-refractivity contribution >= 4 is 11.9 Å². The van der Waals surface area contributed by atoms with Crippen molar-refractivity contribution in [1.82, 2.24) is 0 Å². The lowest BCUT2D eigenvalue weighted by atomic mass is 9.99. The molecule has 2 atom stereocenters. The lowest BCUT2D eigenvalue weighted by Crippen LogP contribution is -2.32. The van der Waals surface area contributed by atoms with Gasteiger partial charge in [0.25, 0.3) is 0 Å². The molecule has 1 amide bonds. The van der Waals surface area contributed by atoms with Gasteiger partial charge >= 0.3 is 5.97 Å². The summed E-state index contributed by atoms with van der Waals surface area (Å²) in [5, 5.41) is 9.45. The number of aliphatic hydroxyl groups is 1. The molecule has 2 aromatic carbocycles. The molecule has 1 fully saturated rings. The molecule has 1 aliphatic rings. The topological polar surface area (TPSA) is 108 Å². The van der Waals surface area contributed by atoms with Gasteiger partial charge in [-0.15, -0.1) is 0 Å². The number of hydrogen-bond acceptors (Lipinski definition) is 6. The van der Waals surface area contributed by atoms with Crippen molar-refractivity contribution in [3.63, 3.8) is 0 Å². The molecule has 0 unspecified atom stereocenters. The molecule has 142 valence electrons. The fourth-order valence-corrected chi connectivity index (χ4v) is 2.86. The first-order chi connectivity index (χ1) is 13.0. The van der Waals surface area contributed by atoms with Crippen LogP contribution in [0.1, 0.15) is 33.6 Å². The molecule has 0 radical (unpaired) electrons. The van der Waals surface area contributed by atoms with Gasteiger partial charge in [0.2, 0.25) is 5.91 Å². The molecule has 1 aliphatic heterocycles. The van der Waals surface area contributed by atoms with E-state index in [0.29, 0.717) is 24.2 Å². The van der Waals surface area contributed by atoms with Gasteiger partial charge in [-0.25, -0.2) is 4.79 Å². The van der Waals surface area contributed by atoms with Crippen LogP contribution in [-0.4, -0.2) is 43.1 Å². The molecule has 0 saturated carbocycles. The van der Waals surface area contributed by atoms with Gasteiger partial charge in [0.1, 0.15) is 5.75 Å². The Hall–Kier alpha value is -2.90. The Kier molecular flexibility index (Phi) is 5.73. The smallest absolute Gasteiger partial charge is 0.337 e. The first kappa shape index (κ1) is 18.9. The number of aliphatic hydroxyl groups excluding tert-OH is 1. The van der Waals surface area contributed by atoms with Gasteiger partial charge in [0.05, 0.1) is 25.4 Å². The number of nitrogens with two attached hydrogens (primary N) is 1. The highest BCUT2D eigenvalue weighted by atomic mass is 16.7. The van der Waals surface area contributed by atoms with E-state index in [1.807, 2.05) is 12.1 Å². The van der Waals surface area contributed by atoms with Gasteiger partial charge in [-0.2, -0.15) is 0 Å². The first-order valence-electron chi connectivity index (χ1n) is 8.56. The molecular formula is C20H21NO6. The highest BCUT2D eigenvalue weighted by Gasteiger charge is 2.21. The van der Waals surface area contributed by atoms with E-state index >= 15 is 0 Å². The molecule has 7 nitrogen and oxygen atoms in total. The number of benzene rings is 2. The summed E-state index contributed by atoms with van der Waals surface area (Å²) in [7, 11) is 1.28. The Morgan fingerprint density at radius 3 is 2.37 bits per heavy atom. The Labute approximate surface area is 156 Å². The van der Waals surface area contributed by atoms with Gasteiger partial charge in [-0.1, -0.05) is 12.1 Å². The quantitative estimate of drug-likeness (QED) is 0.780. The molecule has 1 saturated heterocycles. The number of methoxy groups -OCH3 is 1. The molecule has 3 rings (SSSR count). The largest absolute Gasteiger partial charge is 0.465 e. The third-order valence-electron chi connectivity index (χ3n) is 4.30. The van der Waals surface area contributed by atoms with E-state index in [2.05, 4.69) is 0 Å². The van der Waals surface area contributed by atoms with Crippen LogP contribution in [0.25, 0.3) is 11.1 Å². The van der Waals surface area contributed by atoms with E-state index in [0.717, 1.165) is 5.56 Å². The number of carbonyl (C=O) groups excluding carboxylic acids is 2. The second-order valence-corrected chi connectivity index (χ2v) is 6.29. The minimum absolute atomic E-state index is 0.224. The van der Waals surface area contributed by atoms with Gasteiger partial charge in [-0.3, -0.25) is 4.79 Å². The molecule has 0 spiro atoms. The maximum absolute atomic E-state index is 11.8. The predicted molar refractivity (Wildman–Crippen MR) is 97.3 cm³/mol. The van der Waals surface area contributed by atoms with Crippen LogP contribution < -0.4 is 10.5 Å². The van der Waals surface area contributed by atoms with E-state index in [1.54, 1.807) is 24.3 Å². The first-order valence-corrected chi connectivity index (χ1v) is 8.56. The molecule has 1 heterocycles. The van der Waals surface area contributed by atoms with Crippen LogP contribution in [0.5, 0.6) is 5.75 Å². The van der Waals surface area contributed by atoms with Crippen LogP contribution in [0.3, 0.4) is 0 Å². The normalized spacial score (nSPS) is 19.3. The van der Waals surface area contributed by atoms with Crippen LogP contribution in [0.15, 0.2) is 42.5 Å². The van der Waals surface area contributed by atoms with Crippen molar-refractivity contribution in [3.8, 4) is 16.9 Å². The molecule has 0 aromatic heterocycles. The van der Waals surface area contributed by atoms with Crippen LogP contribution in [0.2, 0.25) is 0 Å². The summed E-state index contributed by atoms with van der Waals surface area (Å²) in [5.41, 5.74) is 7.29. The van der Waals surface area contributed by atoms with Gasteiger partial charge in [0.15, 0.2) is 6.29 Å². The van der Waals surface area contributed by atoms with Crippen molar-refractivity contribution in [3.05, 3.63) is 53.6 Å². The number of amides is 1. The summed E-state index contributed by atoms with van der Waals surface area (Å²) in [6.07, 6.45) is 0.433. The third kappa shape index (κ3) is 4.64. The summed E-state index contributed by atoms with van der Waals surface area (Å²) >= 11 is 0. The Morgan fingerprint density at radius 1 is 1.07 bits per heavy atom. The molecule has 0 aliphatic carbocycles. The SMILES string of the molecule is COC(=O)c1cc(C(N)=O)cc(-c2ccc(O[C@@H]3CC[C@H](O)CO3)cc2)c1. The van der Waals surface area contributed by atoms with E-state index in [4.69, 9.17) is 19.9 Å². The number of esters is 1. The van der Waals surface area contributed by atoms with Crippen molar-refractivity contribution in [2.24, 2.45) is 5.73 Å². The highest BCUT2D eigenvalue weighted by molar-refractivity contribution is 5.99. The lowest BCUT2D eigenvalue weighted by molar-refractivity contribution is -0.141. The van der Waals surface area contributed by atoms with E-state index < -0.39 is 18.0 Å². The summed E-state index contributed by atoms with van der Waals surface area (Å²) in [6, 6.07) is 11.8. The summed E-state index contributed by atoms with van der Waals surface area (Å²) in [4.78, 5) is 23.4. The minimum Gasteiger partial charge on any atom is -0.465 e. The molecule has 7 heteroatoms. The van der Waals surface area contributed by atoms with Crippen LogP contribution in [0, 0.1) is 0 Å². The summed E-state index contributed by atoms with van der Waals surface area (Å²) in [6.45, 7) is 0.263. The summed E-state index contributed by atoms with van der Waals surface area (Å²) < 4.78 is 15.9. The number of rotatable bonds is 5. The highest BCUT2D eigenvalue weighted by Crippen LogP contribution is 2.26. The molecule has 0 bridgehead atoms. The van der Waals surface area contributed by atoms with Crippen LogP contribution in [0.4, 0.5) is 0 Å². The average Bonchev–Trinajstić information content (AvgIpc) is 2.69. The van der Waals surface area contributed by atoms with Crippen molar-refractivity contribution in [2.75, 3.05) is 13.7 Å². The standard InChI is InChI=1S/C20H21NO6/c1-25-20(24)15-9-13(8-14(10-15)19(21)23)12-2-5-17(6-3-12)27-18-7-4-16(22)11-26-18/h2-3,5-6,8-10,16,18,22H,4,7,11H2,1H3,(H2,21,23)/t16-,18+/m0/s1. The number of primary amides is 1. The maximum Gasteiger partial charge on any atom is 0.337 e. The van der Waals surface area contributed by atoms with Gasteiger partial charge < -0.3 is 25.1 Å². The fourth-order valence-electron chi connectivity index (χ4n) is 2.86. The maximum atomic E-state index is 11.8. The minimum atomic E-state index is -0.626. The second-order valence-electron chi connectivity index (χ2n) is 6.29. The van der Waals surface area contributed by atoms with Gasteiger partial charge in [-0.05, 0) is 47.9 Å². The van der Waals surface area contributed by atoms with Crippen LogP contribution in [-0.2, 0) is 9.47 Å². The Bertz CT molecular complexity index is 825. The summed E-state index contributed by atoms with van der Waals surface area (Å²) in [5.74, 6) is -0.547. The average molecular weight is 371 g/mol. The zero-order chi connectivity index (χ0) is 19.4.